The molecule has 270 valence electrons. The first-order valence-electron chi connectivity index (χ1n) is 19.8. The average molecular weight is 696 g/mol. The quantitative estimate of drug-likeness (QED) is 0.112. The van der Waals surface area contributed by atoms with Crippen molar-refractivity contribution in [3.8, 4) is 0 Å². The third-order valence-corrected chi connectivity index (χ3v) is 11.5. The van der Waals surface area contributed by atoms with Crippen LogP contribution in [0.3, 0.4) is 0 Å². The van der Waals surface area contributed by atoms with Crippen LogP contribution in [0.2, 0.25) is 0 Å². The summed E-state index contributed by atoms with van der Waals surface area (Å²) in [5.41, 5.74) is 11.4. The van der Waals surface area contributed by atoms with Crippen LogP contribution in [-0.2, 0) is 6.42 Å². The molecule has 1 nitrogen and oxygen atoms in total. The molecular formula is C52H57N. The fourth-order valence-corrected chi connectivity index (χ4v) is 8.58. The first kappa shape index (κ1) is 37.7. The normalized spacial score (nSPS) is 24.4. The molecule has 0 radical (unpaired) electrons. The molecule has 0 amide bonds. The molecule has 53 heavy (non-hydrogen) atoms. The van der Waals surface area contributed by atoms with Crippen molar-refractivity contribution in [2.45, 2.75) is 71.1 Å². The predicted octanol–water partition coefficient (Wildman–Crippen LogP) is 14.0. The summed E-state index contributed by atoms with van der Waals surface area (Å²) in [6.07, 6.45) is 48.3. The van der Waals surface area contributed by atoms with Crippen molar-refractivity contribution in [2.75, 3.05) is 0 Å². The maximum atomic E-state index is 5.31. The Morgan fingerprint density at radius 3 is 2.45 bits per heavy atom. The lowest BCUT2D eigenvalue weighted by Crippen LogP contribution is -2.30. The van der Waals surface area contributed by atoms with Gasteiger partial charge in [-0.3, -0.25) is 4.99 Å². The van der Waals surface area contributed by atoms with Gasteiger partial charge >= 0.3 is 0 Å². The lowest BCUT2D eigenvalue weighted by Gasteiger charge is -2.40. The van der Waals surface area contributed by atoms with Crippen LogP contribution in [0.4, 0.5) is 0 Å². The Morgan fingerprint density at radius 1 is 0.849 bits per heavy atom. The lowest BCUT2D eigenvalue weighted by atomic mass is 9.64. The molecule has 2 aromatic carbocycles. The Hall–Kier alpha value is -5.01. The maximum Gasteiger partial charge on any atom is 0.0702 e. The molecule has 6 rings (SSSR count). The Kier molecular flexibility index (Phi) is 13.3. The fraction of sp³-hybridized carbons (Fsp3) is 0.288. The number of rotatable bonds is 13. The van der Waals surface area contributed by atoms with E-state index < -0.39 is 0 Å². The molecule has 1 heteroatoms. The molecule has 4 aliphatic rings. The van der Waals surface area contributed by atoms with Gasteiger partial charge in [0.2, 0.25) is 0 Å². The van der Waals surface area contributed by atoms with E-state index in [-0.39, 0.29) is 5.92 Å². The van der Waals surface area contributed by atoms with Gasteiger partial charge < -0.3 is 0 Å². The second-order valence-electron chi connectivity index (χ2n) is 15.1. The number of hydrogen-bond acceptors (Lipinski definition) is 1. The highest BCUT2D eigenvalue weighted by Gasteiger charge is 2.36. The Morgan fingerprint density at radius 2 is 1.70 bits per heavy atom. The van der Waals surface area contributed by atoms with Crippen LogP contribution < -0.4 is 0 Å². The van der Waals surface area contributed by atoms with Gasteiger partial charge in [-0.05, 0) is 126 Å². The second-order valence-corrected chi connectivity index (χ2v) is 15.1. The van der Waals surface area contributed by atoms with E-state index in [1.54, 1.807) is 0 Å². The summed E-state index contributed by atoms with van der Waals surface area (Å²) in [7, 11) is 0. The zero-order chi connectivity index (χ0) is 37.0. The zero-order valence-corrected chi connectivity index (χ0v) is 32.1. The van der Waals surface area contributed by atoms with Gasteiger partial charge in [0.15, 0.2) is 0 Å². The van der Waals surface area contributed by atoms with Gasteiger partial charge in [0.1, 0.15) is 0 Å². The molecular weight excluding hydrogens is 639 g/mol. The molecule has 6 atom stereocenters. The third-order valence-electron chi connectivity index (χ3n) is 11.5. The summed E-state index contributed by atoms with van der Waals surface area (Å²) in [6, 6.07) is 16.7. The molecule has 0 aliphatic heterocycles. The highest BCUT2D eigenvalue weighted by Crippen LogP contribution is 2.47. The van der Waals surface area contributed by atoms with Gasteiger partial charge in [0, 0.05) is 11.6 Å². The van der Waals surface area contributed by atoms with Gasteiger partial charge in [-0.1, -0.05) is 173 Å². The van der Waals surface area contributed by atoms with Crippen LogP contribution in [-0.4, -0.2) is 5.71 Å². The second kappa shape index (κ2) is 18.7. The minimum absolute atomic E-state index is 0.228. The van der Waals surface area contributed by atoms with E-state index in [2.05, 4.69) is 168 Å². The van der Waals surface area contributed by atoms with Crippen molar-refractivity contribution < 1.29 is 0 Å². The van der Waals surface area contributed by atoms with E-state index in [0.717, 1.165) is 49.9 Å². The first-order valence-corrected chi connectivity index (χ1v) is 19.8. The van der Waals surface area contributed by atoms with E-state index in [9.17, 15) is 0 Å². The summed E-state index contributed by atoms with van der Waals surface area (Å²) >= 11 is 0. The number of hydrogen-bond donors (Lipinski definition) is 0. The van der Waals surface area contributed by atoms with Crippen molar-refractivity contribution in [1.82, 2.24) is 0 Å². The molecule has 0 N–H and O–H groups in total. The van der Waals surface area contributed by atoms with Crippen molar-refractivity contribution in [1.29, 1.82) is 0 Å². The van der Waals surface area contributed by atoms with Crippen molar-refractivity contribution in [3.05, 3.63) is 204 Å². The lowest BCUT2D eigenvalue weighted by molar-refractivity contribution is 0.253. The molecule has 0 saturated heterocycles. The number of aliphatic imine (C=N–C) groups is 1. The molecule has 0 spiro atoms. The van der Waals surface area contributed by atoms with Crippen LogP contribution in [0.25, 0.3) is 11.6 Å². The molecule has 4 aliphatic carbocycles. The van der Waals surface area contributed by atoms with Crippen LogP contribution in [0.1, 0.15) is 92.5 Å². The maximum absolute atomic E-state index is 5.31. The Labute approximate surface area is 320 Å². The monoisotopic (exact) mass is 695 g/mol. The summed E-state index contributed by atoms with van der Waals surface area (Å²) in [5.74, 6) is 2.32. The molecule has 0 heterocycles. The Balaban J connectivity index is 1.31. The summed E-state index contributed by atoms with van der Waals surface area (Å²) in [5, 5.41) is 0. The molecule has 2 aromatic rings. The number of allylic oxidation sites excluding steroid dienone is 19. The first-order chi connectivity index (χ1) is 26.0. The van der Waals surface area contributed by atoms with E-state index >= 15 is 0 Å². The smallest absolute Gasteiger partial charge is 0.0702 e. The summed E-state index contributed by atoms with van der Waals surface area (Å²) in [6.45, 7) is 15.0. The molecule has 0 fully saturated rings. The Bertz CT molecular complexity index is 1960. The van der Waals surface area contributed by atoms with Gasteiger partial charge in [-0.2, -0.15) is 0 Å². The van der Waals surface area contributed by atoms with E-state index in [1.807, 2.05) is 24.3 Å². The summed E-state index contributed by atoms with van der Waals surface area (Å²) in [4.78, 5) is 5.31. The fourth-order valence-electron chi connectivity index (χ4n) is 8.58. The van der Waals surface area contributed by atoms with E-state index in [4.69, 9.17) is 4.99 Å². The van der Waals surface area contributed by atoms with Crippen LogP contribution in [0.5, 0.6) is 0 Å². The average Bonchev–Trinajstić information content (AvgIpc) is 3.20. The highest BCUT2D eigenvalue weighted by molar-refractivity contribution is 6.04. The number of nitrogens with zero attached hydrogens (tertiary/aromatic N) is 1. The summed E-state index contributed by atoms with van der Waals surface area (Å²) < 4.78 is 0. The largest absolute Gasteiger partial charge is 0.252 e. The van der Waals surface area contributed by atoms with Gasteiger partial charge in [-0.15, -0.1) is 0 Å². The number of aryl methyl sites for hydroxylation is 1. The standard InChI is InChI=1S/C52H57N/c1-6-8-9-16-28-48(40(5)46-35-32-42-22-17-18-27-47(42)37-46)49-29-19-21-38(3)52(49)45-33-30-41(31-34-45)39(4)36-51(44-25-14-11-15-26-44)53-50(20-7-2)43-23-12-10-13-24-43/h6-9,11-12,14-17,19-25,28,30-38,40,44,48-49,52H,1-2,10,13,18,26-27,29H2,3-5H3/b9-8+,28-16-,39-36+,50-20+,53-51-. The molecule has 0 bridgehead atoms. The van der Waals surface area contributed by atoms with Crippen LogP contribution in [0.15, 0.2) is 181 Å². The SMILES string of the molecule is C=C/C=C/C=C\C(C(C)c1ccc2c(c1)CCC=C2)C1CC=CC(C)C1c1ccc(/C(C)=C/C(=N/C(=C/C=C)C2=CCCC=C2)C2C=CC=CC2)cc1. The van der Waals surface area contributed by atoms with Crippen molar-refractivity contribution in [2.24, 2.45) is 28.7 Å². The minimum atomic E-state index is 0.228. The van der Waals surface area contributed by atoms with E-state index in [1.165, 1.54) is 39.0 Å². The molecule has 0 aromatic heterocycles. The van der Waals surface area contributed by atoms with Crippen LogP contribution in [0, 0.1) is 23.7 Å². The van der Waals surface area contributed by atoms with Gasteiger partial charge in [0.25, 0.3) is 0 Å². The molecule has 0 saturated carbocycles. The van der Waals surface area contributed by atoms with Crippen molar-refractivity contribution >= 4 is 17.4 Å². The topological polar surface area (TPSA) is 12.4 Å². The minimum Gasteiger partial charge on any atom is -0.252 e. The highest BCUT2D eigenvalue weighted by atomic mass is 14.8. The predicted molar refractivity (Wildman–Crippen MR) is 232 cm³/mol. The van der Waals surface area contributed by atoms with E-state index in [0.29, 0.717) is 29.6 Å². The van der Waals surface area contributed by atoms with Gasteiger partial charge in [-0.25, -0.2) is 0 Å². The van der Waals surface area contributed by atoms with Crippen molar-refractivity contribution in [3.63, 3.8) is 0 Å². The molecule has 6 unspecified atom stereocenters. The van der Waals surface area contributed by atoms with Crippen LogP contribution >= 0.6 is 0 Å². The third kappa shape index (κ3) is 9.51. The zero-order valence-electron chi connectivity index (χ0n) is 32.1. The van der Waals surface area contributed by atoms with Gasteiger partial charge in [0.05, 0.1) is 5.70 Å². The number of fused-ring (bicyclic) bond motifs is 1. The number of benzene rings is 2.